The molecule has 4 aromatic rings. The Bertz CT molecular complexity index is 1510. The molecule has 1 aliphatic rings. The molecule has 1 saturated heterocycles. The van der Waals surface area contributed by atoms with Gasteiger partial charge in [0.25, 0.3) is 5.91 Å². The normalized spacial score (nSPS) is 13.4. The standard InChI is InChI=1S/C28H28ClN7O3/c1-18(37)30-11-12-31-24-17-25(34-27(33-24)20-5-8-21(29)9-6-20)35-13-15-36(16-14-35)28(39)22-10-7-19-3-2-4-23(38)26(19)32-22/h2-10,17,38H,11-16H2,1H3,(H,30,37)(H,31,33,34). The van der Waals surface area contributed by atoms with Crippen molar-refractivity contribution in [1.29, 1.82) is 0 Å². The smallest absolute Gasteiger partial charge is 0.272 e. The first-order valence-corrected chi connectivity index (χ1v) is 13.0. The van der Waals surface area contributed by atoms with Gasteiger partial charge < -0.3 is 25.5 Å². The topological polar surface area (TPSA) is 124 Å². The zero-order valence-electron chi connectivity index (χ0n) is 21.4. The van der Waals surface area contributed by atoms with E-state index < -0.39 is 0 Å². The predicted octanol–water partition coefficient (Wildman–Crippen LogP) is 3.56. The molecule has 1 aliphatic heterocycles. The number of para-hydroxylation sites is 1. The summed E-state index contributed by atoms with van der Waals surface area (Å²) >= 11 is 6.07. The van der Waals surface area contributed by atoms with Crippen LogP contribution in [0.4, 0.5) is 11.6 Å². The number of amides is 2. The van der Waals surface area contributed by atoms with Crippen molar-refractivity contribution in [2.45, 2.75) is 6.92 Å². The van der Waals surface area contributed by atoms with E-state index in [0.29, 0.717) is 67.1 Å². The van der Waals surface area contributed by atoms with E-state index in [4.69, 9.17) is 16.6 Å². The molecule has 0 bridgehead atoms. The van der Waals surface area contributed by atoms with E-state index >= 15 is 0 Å². The summed E-state index contributed by atoms with van der Waals surface area (Å²) in [5.74, 6) is 1.69. The van der Waals surface area contributed by atoms with Crippen molar-refractivity contribution in [1.82, 2.24) is 25.2 Å². The number of carbonyl (C=O) groups excluding carboxylic acids is 2. The molecule has 200 valence electrons. The van der Waals surface area contributed by atoms with Crippen molar-refractivity contribution in [3.63, 3.8) is 0 Å². The number of aromatic nitrogens is 3. The van der Waals surface area contributed by atoms with Crippen molar-refractivity contribution in [3.8, 4) is 17.1 Å². The van der Waals surface area contributed by atoms with Crippen molar-refractivity contribution in [2.24, 2.45) is 0 Å². The quantitative estimate of drug-likeness (QED) is 0.301. The molecule has 0 radical (unpaired) electrons. The largest absolute Gasteiger partial charge is 0.506 e. The van der Waals surface area contributed by atoms with E-state index in [-0.39, 0.29) is 17.6 Å². The molecule has 0 atom stereocenters. The lowest BCUT2D eigenvalue weighted by molar-refractivity contribution is -0.118. The minimum atomic E-state index is -0.176. The maximum Gasteiger partial charge on any atom is 0.272 e. The Kier molecular flexibility index (Phi) is 7.74. The van der Waals surface area contributed by atoms with Crippen LogP contribution in [0.25, 0.3) is 22.3 Å². The second-order valence-electron chi connectivity index (χ2n) is 9.18. The Morgan fingerprint density at radius 1 is 0.949 bits per heavy atom. The maximum atomic E-state index is 13.2. The molecular formula is C28H28ClN7O3. The van der Waals surface area contributed by atoms with Crippen LogP contribution in [0.15, 0.2) is 60.7 Å². The number of anilines is 2. The number of halogens is 1. The Balaban J connectivity index is 1.32. The number of carbonyl (C=O) groups is 2. The van der Waals surface area contributed by atoms with E-state index in [1.807, 2.05) is 24.3 Å². The van der Waals surface area contributed by atoms with Crippen molar-refractivity contribution < 1.29 is 14.7 Å². The molecule has 11 heteroatoms. The van der Waals surface area contributed by atoms with Gasteiger partial charge in [0.1, 0.15) is 28.6 Å². The molecule has 3 N–H and O–H groups in total. The van der Waals surface area contributed by atoms with Crippen molar-refractivity contribution >= 4 is 46.0 Å². The first-order chi connectivity index (χ1) is 18.9. The molecule has 2 aromatic heterocycles. The zero-order chi connectivity index (χ0) is 27.4. The van der Waals surface area contributed by atoms with Crippen LogP contribution in [-0.2, 0) is 4.79 Å². The van der Waals surface area contributed by atoms with E-state index in [0.717, 1.165) is 16.8 Å². The van der Waals surface area contributed by atoms with Crippen LogP contribution in [0.3, 0.4) is 0 Å². The van der Waals surface area contributed by atoms with Gasteiger partial charge in [0, 0.05) is 68.2 Å². The van der Waals surface area contributed by atoms with Crippen molar-refractivity contribution in [2.75, 3.05) is 49.5 Å². The third-order valence-electron chi connectivity index (χ3n) is 6.43. The fourth-order valence-corrected chi connectivity index (χ4v) is 4.52. The summed E-state index contributed by atoms with van der Waals surface area (Å²) in [7, 11) is 0. The molecule has 1 fully saturated rings. The Morgan fingerprint density at radius 3 is 2.46 bits per heavy atom. The average Bonchev–Trinajstić information content (AvgIpc) is 2.95. The van der Waals surface area contributed by atoms with Gasteiger partial charge in [-0.3, -0.25) is 9.59 Å². The molecule has 39 heavy (non-hydrogen) atoms. The number of nitrogens with zero attached hydrogens (tertiary/aromatic N) is 5. The second-order valence-corrected chi connectivity index (χ2v) is 9.61. The molecule has 2 aromatic carbocycles. The number of aromatic hydroxyl groups is 1. The third kappa shape index (κ3) is 6.18. The van der Waals surface area contributed by atoms with Crippen LogP contribution in [0.1, 0.15) is 17.4 Å². The molecule has 0 aliphatic carbocycles. The summed E-state index contributed by atoms with van der Waals surface area (Å²) in [5, 5.41) is 17.6. The number of nitrogens with one attached hydrogen (secondary N) is 2. The van der Waals surface area contributed by atoms with E-state index in [9.17, 15) is 14.7 Å². The van der Waals surface area contributed by atoms with Crippen LogP contribution in [-0.4, -0.2) is 76.0 Å². The minimum Gasteiger partial charge on any atom is -0.506 e. The Labute approximate surface area is 230 Å². The average molecular weight is 546 g/mol. The second kappa shape index (κ2) is 11.5. The van der Waals surface area contributed by atoms with Crippen LogP contribution in [0, 0.1) is 0 Å². The Morgan fingerprint density at radius 2 is 1.72 bits per heavy atom. The van der Waals surface area contributed by atoms with Gasteiger partial charge in [0.2, 0.25) is 5.91 Å². The Hall–Kier alpha value is -4.44. The molecular weight excluding hydrogens is 518 g/mol. The number of pyridine rings is 1. The lowest BCUT2D eigenvalue weighted by Gasteiger charge is -2.35. The summed E-state index contributed by atoms with van der Waals surface area (Å²) in [4.78, 5) is 42.2. The molecule has 0 unspecified atom stereocenters. The lowest BCUT2D eigenvalue weighted by atomic mass is 10.1. The van der Waals surface area contributed by atoms with Gasteiger partial charge in [-0.15, -0.1) is 0 Å². The molecule has 0 saturated carbocycles. The summed E-state index contributed by atoms with van der Waals surface area (Å²) in [5.41, 5.74) is 1.54. The number of hydrogen-bond donors (Lipinski definition) is 3. The maximum absolute atomic E-state index is 13.2. The van der Waals surface area contributed by atoms with Gasteiger partial charge in [0.15, 0.2) is 5.82 Å². The monoisotopic (exact) mass is 545 g/mol. The molecule has 0 spiro atoms. The summed E-state index contributed by atoms with van der Waals surface area (Å²) in [6.07, 6.45) is 0. The third-order valence-corrected chi connectivity index (χ3v) is 6.68. The fraction of sp³-hybridized carbons (Fsp3) is 0.250. The number of rotatable bonds is 7. The molecule has 3 heterocycles. The van der Waals surface area contributed by atoms with Gasteiger partial charge in [-0.1, -0.05) is 29.8 Å². The summed E-state index contributed by atoms with van der Waals surface area (Å²) in [6, 6.07) is 17.8. The number of hydrogen-bond acceptors (Lipinski definition) is 8. The van der Waals surface area contributed by atoms with Gasteiger partial charge in [-0.05, 0) is 36.4 Å². The molecule has 2 amide bonds. The van der Waals surface area contributed by atoms with E-state index in [1.54, 1.807) is 41.3 Å². The van der Waals surface area contributed by atoms with Crippen LogP contribution in [0.5, 0.6) is 5.75 Å². The fourth-order valence-electron chi connectivity index (χ4n) is 4.40. The van der Waals surface area contributed by atoms with Crippen LogP contribution in [0.2, 0.25) is 5.02 Å². The highest BCUT2D eigenvalue weighted by Gasteiger charge is 2.25. The summed E-state index contributed by atoms with van der Waals surface area (Å²) < 4.78 is 0. The lowest BCUT2D eigenvalue weighted by Crippen LogP contribution is -2.49. The first kappa shape index (κ1) is 26.2. The number of benzene rings is 2. The van der Waals surface area contributed by atoms with Gasteiger partial charge in [-0.25, -0.2) is 15.0 Å². The van der Waals surface area contributed by atoms with E-state index in [2.05, 4.69) is 25.5 Å². The number of phenols is 1. The van der Waals surface area contributed by atoms with Crippen LogP contribution < -0.4 is 15.5 Å². The molecule has 5 rings (SSSR count). The minimum absolute atomic E-state index is 0.0497. The highest BCUT2D eigenvalue weighted by Crippen LogP contribution is 2.26. The highest BCUT2D eigenvalue weighted by molar-refractivity contribution is 6.30. The first-order valence-electron chi connectivity index (χ1n) is 12.6. The number of phenolic OH excluding ortho intramolecular Hbond substituents is 1. The van der Waals surface area contributed by atoms with E-state index in [1.165, 1.54) is 6.92 Å². The number of piperazine rings is 1. The van der Waals surface area contributed by atoms with Gasteiger partial charge >= 0.3 is 0 Å². The van der Waals surface area contributed by atoms with Crippen molar-refractivity contribution in [3.05, 3.63) is 71.4 Å². The van der Waals surface area contributed by atoms with Crippen LogP contribution >= 0.6 is 11.6 Å². The SMILES string of the molecule is CC(=O)NCCNc1cc(N2CCN(C(=O)c3ccc4cccc(O)c4n3)CC2)nc(-c2ccc(Cl)cc2)n1. The molecule has 10 nitrogen and oxygen atoms in total. The number of fused-ring (bicyclic) bond motifs is 1. The van der Waals surface area contributed by atoms with Gasteiger partial charge in [0.05, 0.1) is 0 Å². The zero-order valence-corrected chi connectivity index (χ0v) is 22.1. The summed E-state index contributed by atoms with van der Waals surface area (Å²) in [6.45, 7) is 4.58. The predicted molar refractivity (Wildman–Crippen MR) is 151 cm³/mol. The highest BCUT2D eigenvalue weighted by atomic mass is 35.5. The van der Waals surface area contributed by atoms with Gasteiger partial charge in [-0.2, -0.15) is 0 Å².